The molecule has 2 atom stereocenters. The average molecular weight is 248 g/mol. The van der Waals surface area contributed by atoms with Gasteiger partial charge in [-0.25, -0.2) is 0 Å². The van der Waals surface area contributed by atoms with Crippen molar-refractivity contribution in [2.45, 2.75) is 45.2 Å². The molecule has 2 N–H and O–H groups in total. The summed E-state index contributed by atoms with van der Waals surface area (Å²) in [7, 11) is 0. The van der Waals surface area contributed by atoms with Crippen molar-refractivity contribution in [3.8, 4) is 0 Å². The Labute approximate surface area is 109 Å². The fourth-order valence-electron chi connectivity index (χ4n) is 3.66. The minimum atomic E-state index is 0.578. The summed E-state index contributed by atoms with van der Waals surface area (Å²) in [6, 6.07) is 2.10. The molecule has 1 saturated heterocycles. The van der Waals surface area contributed by atoms with Crippen molar-refractivity contribution >= 4 is 0 Å². The van der Waals surface area contributed by atoms with Crippen LogP contribution < -0.4 is 5.73 Å². The summed E-state index contributed by atoms with van der Waals surface area (Å²) < 4.78 is 5.57. The highest BCUT2D eigenvalue weighted by Crippen LogP contribution is 2.36. The third-order valence-corrected chi connectivity index (χ3v) is 4.70. The number of fused-ring (bicyclic) bond motifs is 1. The molecule has 2 heterocycles. The SMILES string of the molecule is NCc1coc(CN2CCC3CCCCC3C2)c1. The van der Waals surface area contributed by atoms with E-state index in [9.17, 15) is 0 Å². The maximum atomic E-state index is 5.61. The highest BCUT2D eigenvalue weighted by Gasteiger charge is 2.31. The van der Waals surface area contributed by atoms with Crippen molar-refractivity contribution in [2.24, 2.45) is 17.6 Å². The molecule has 0 spiro atoms. The molecule has 18 heavy (non-hydrogen) atoms. The molecule has 2 aliphatic rings. The van der Waals surface area contributed by atoms with Gasteiger partial charge in [0.05, 0.1) is 12.8 Å². The molecular weight excluding hydrogens is 224 g/mol. The van der Waals surface area contributed by atoms with Crippen LogP contribution in [0.15, 0.2) is 16.7 Å². The number of hydrogen-bond acceptors (Lipinski definition) is 3. The van der Waals surface area contributed by atoms with Crippen molar-refractivity contribution in [2.75, 3.05) is 13.1 Å². The monoisotopic (exact) mass is 248 g/mol. The fourth-order valence-corrected chi connectivity index (χ4v) is 3.66. The normalized spacial score (nSPS) is 29.2. The van der Waals surface area contributed by atoms with Gasteiger partial charge in [-0.1, -0.05) is 19.3 Å². The Morgan fingerprint density at radius 1 is 1.22 bits per heavy atom. The number of rotatable bonds is 3. The first-order valence-electron chi connectivity index (χ1n) is 7.34. The number of hydrogen-bond donors (Lipinski definition) is 1. The third-order valence-electron chi connectivity index (χ3n) is 4.70. The lowest BCUT2D eigenvalue weighted by Crippen LogP contribution is -2.41. The van der Waals surface area contributed by atoms with E-state index in [0.29, 0.717) is 6.54 Å². The summed E-state index contributed by atoms with van der Waals surface area (Å²) in [6.45, 7) is 4.04. The van der Waals surface area contributed by atoms with Crippen LogP contribution in [0.3, 0.4) is 0 Å². The number of furan rings is 1. The lowest BCUT2D eigenvalue weighted by atomic mass is 9.75. The van der Waals surface area contributed by atoms with Gasteiger partial charge in [0.15, 0.2) is 0 Å². The Morgan fingerprint density at radius 3 is 2.83 bits per heavy atom. The molecule has 1 aliphatic heterocycles. The van der Waals surface area contributed by atoms with Gasteiger partial charge in [-0.3, -0.25) is 4.90 Å². The second kappa shape index (κ2) is 5.45. The standard InChI is InChI=1S/C15H24N2O/c16-8-12-7-15(18-11-12)10-17-6-5-13-3-1-2-4-14(13)9-17/h7,11,13-14H,1-6,8-10,16H2. The van der Waals surface area contributed by atoms with Crippen LogP contribution in [0.2, 0.25) is 0 Å². The minimum absolute atomic E-state index is 0.578. The molecule has 0 radical (unpaired) electrons. The molecular formula is C15H24N2O. The van der Waals surface area contributed by atoms with Gasteiger partial charge in [-0.15, -0.1) is 0 Å². The van der Waals surface area contributed by atoms with Crippen molar-refractivity contribution in [3.63, 3.8) is 0 Å². The van der Waals surface area contributed by atoms with Gasteiger partial charge >= 0.3 is 0 Å². The lowest BCUT2D eigenvalue weighted by Gasteiger charge is -2.41. The first kappa shape index (κ1) is 12.2. The maximum Gasteiger partial charge on any atom is 0.118 e. The molecule has 1 aromatic heterocycles. The zero-order valence-corrected chi connectivity index (χ0v) is 11.1. The largest absolute Gasteiger partial charge is 0.468 e. The van der Waals surface area contributed by atoms with Gasteiger partial charge < -0.3 is 10.2 Å². The summed E-state index contributed by atoms with van der Waals surface area (Å²) >= 11 is 0. The summed E-state index contributed by atoms with van der Waals surface area (Å²) in [6.07, 6.45) is 8.98. The van der Waals surface area contributed by atoms with Crippen LogP contribution in [0, 0.1) is 11.8 Å². The molecule has 1 aliphatic carbocycles. The third kappa shape index (κ3) is 2.62. The van der Waals surface area contributed by atoms with Gasteiger partial charge in [0.2, 0.25) is 0 Å². The predicted molar refractivity (Wildman–Crippen MR) is 71.9 cm³/mol. The van der Waals surface area contributed by atoms with Gasteiger partial charge in [-0.05, 0) is 37.3 Å². The van der Waals surface area contributed by atoms with Crippen molar-refractivity contribution in [1.82, 2.24) is 4.90 Å². The molecule has 0 amide bonds. The first-order chi connectivity index (χ1) is 8.85. The molecule has 1 aromatic rings. The van der Waals surface area contributed by atoms with E-state index in [1.807, 2.05) is 0 Å². The molecule has 100 valence electrons. The van der Waals surface area contributed by atoms with Gasteiger partial charge in [0, 0.05) is 18.7 Å². The molecule has 3 nitrogen and oxygen atoms in total. The van der Waals surface area contributed by atoms with Gasteiger partial charge in [-0.2, -0.15) is 0 Å². The molecule has 0 aromatic carbocycles. The predicted octanol–water partition coefficient (Wildman–Crippen LogP) is 2.75. The Kier molecular flexibility index (Phi) is 3.71. The zero-order valence-electron chi connectivity index (χ0n) is 11.1. The van der Waals surface area contributed by atoms with E-state index in [0.717, 1.165) is 29.7 Å². The summed E-state index contributed by atoms with van der Waals surface area (Å²) in [4.78, 5) is 2.56. The fraction of sp³-hybridized carbons (Fsp3) is 0.733. The second-order valence-corrected chi connectivity index (χ2v) is 5.95. The maximum absolute atomic E-state index is 5.61. The van der Waals surface area contributed by atoms with Crippen LogP contribution in [0.4, 0.5) is 0 Å². The molecule has 2 unspecified atom stereocenters. The summed E-state index contributed by atoms with van der Waals surface area (Å²) in [5.74, 6) is 3.02. The molecule has 3 heteroatoms. The lowest BCUT2D eigenvalue weighted by molar-refractivity contribution is 0.0774. The van der Waals surface area contributed by atoms with Crippen molar-refractivity contribution in [1.29, 1.82) is 0 Å². The van der Waals surface area contributed by atoms with E-state index in [1.54, 1.807) is 6.26 Å². The molecule has 0 bridgehead atoms. The molecule has 3 rings (SSSR count). The zero-order chi connectivity index (χ0) is 12.4. The van der Waals surface area contributed by atoms with E-state index in [1.165, 1.54) is 45.2 Å². The highest BCUT2D eigenvalue weighted by atomic mass is 16.3. The van der Waals surface area contributed by atoms with Crippen LogP contribution in [-0.4, -0.2) is 18.0 Å². The second-order valence-electron chi connectivity index (χ2n) is 5.95. The van der Waals surface area contributed by atoms with Crippen LogP contribution >= 0.6 is 0 Å². The molecule has 1 saturated carbocycles. The smallest absolute Gasteiger partial charge is 0.118 e. The van der Waals surface area contributed by atoms with E-state index < -0.39 is 0 Å². The average Bonchev–Trinajstić information content (AvgIpc) is 2.86. The van der Waals surface area contributed by atoms with Crippen molar-refractivity contribution in [3.05, 3.63) is 23.7 Å². The highest BCUT2D eigenvalue weighted by molar-refractivity contribution is 5.12. The van der Waals surface area contributed by atoms with E-state index in [-0.39, 0.29) is 0 Å². The summed E-state index contributed by atoms with van der Waals surface area (Å²) in [5, 5.41) is 0. The van der Waals surface area contributed by atoms with Crippen molar-refractivity contribution < 1.29 is 4.42 Å². The Bertz CT molecular complexity index is 388. The topological polar surface area (TPSA) is 42.4 Å². The van der Waals surface area contributed by atoms with Gasteiger partial charge in [0.25, 0.3) is 0 Å². The van der Waals surface area contributed by atoms with Crippen LogP contribution in [0.1, 0.15) is 43.4 Å². The Morgan fingerprint density at radius 2 is 2.06 bits per heavy atom. The minimum Gasteiger partial charge on any atom is -0.468 e. The van der Waals surface area contributed by atoms with Crippen LogP contribution in [-0.2, 0) is 13.1 Å². The Balaban J connectivity index is 1.57. The van der Waals surface area contributed by atoms with Crippen LogP contribution in [0.5, 0.6) is 0 Å². The quantitative estimate of drug-likeness (QED) is 0.894. The number of piperidine rings is 1. The van der Waals surface area contributed by atoms with E-state index in [4.69, 9.17) is 10.2 Å². The number of nitrogens with two attached hydrogens (primary N) is 1. The first-order valence-corrected chi connectivity index (χ1v) is 7.34. The van der Waals surface area contributed by atoms with E-state index in [2.05, 4.69) is 11.0 Å². The number of likely N-dealkylation sites (tertiary alicyclic amines) is 1. The van der Waals surface area contributed by atoms with E-state index >= 15 is 0 Å². The summed E-state index contributed by atoms with van der Waals surface area (Å²) in [5.41, 5.74) is 6.72. The number of nitrogens with zero attached hydrogens (tertiary/aromatic N) is 1. The van der Waals surface area contributed by atoms with Crippen LogP contribution in [0.25, 0.3) is 0 Å². The molecule has 2 fully saturated rings. The van der Waals surface area contributed by atoms with Gasteiger partial charge in [0.1, 0.15) is 5.76 Å². The Hall–Kier alpha value is -0.800.